The summed E-state index contributed by atoms with van der Waals surface area (Å²) in [6.45, 7) is 1.77. The molecule has 1 aromatic heterocycles. The fraction of sp³-hybridized carbons (Fsp3) is 0.286. The molecule has 14 heavy (non-hydrogen) atoms. The molecule has 0 saturated heterocycles. The molecule has 6 nitrogen and oxygen atoms in total. The molecule has 0 radical (unpaired) electrons. The third-order valence-corrected chi connectivity index (χ3v) is 2.67. The molecule has 0 aliphatic heterocycles. The van der Waals surface area contributed by atoms with E-state index in [0.29, 0.717) is 5.69 Å². The molecule has 1 aromatic rings. The van der Waals surface area contributed by atoms with Gasteiger partial charge in [0.05, 0.1) is 11.9 Å². The summed E-state index contributed by atoms with van der Waals surface area (Å²) in [6, 6.07) is 1.56. The summed E-state index contributed by atoms with van der Waals surface area (Å²) in [6.07, 6.45) is 1.41. The van der Waals surface area contributed by atoms with Crippen molar-refractivity contribution < 1.29 is 8.42 Å². The van der Waals surface area contributed by atoms with Gasteiger partial charge in [-0.25, -0.2) is 9.71 Å². The number of rotatable bonds is 3. The normalized spacial score (nSPS) is 11.3. The fourth-order valence-electron chi connectivity index (χ4n) is 0.811. The summed E-state index contributed by atoms with van der Waals surface area (Å²) in [7, 11) is -2.19. The van der Waals surface area contributed by atoms with Crippen molar-refractivity contribution in [1.29, 1.82) is 0 Å². The minimum atomic E-state index is -3.51. The van der Waals surface area contributed by atoms with E-state index in [-0.39, 0.29) is 5.82 Å². The highest BCUT2D eigenvalue weighted by molar-refractivity contribution is 7.90. The molecule has 0 spiro atoms. The Hall–Kier alpha value is -1.34. The molecule has 1 rings (SSSR count). The molecule has 0 unspecified atom stereocenters. The van der Waals surface area contributed by atoms with Crippen molar-refractivity contribution in [2.45, 2.75) is 6.92 Å². The van der Waals surface area contributed by atoms with Crippen LogP contribution in [0, 0.1) is 6.92 Å². The van der Waals surface area contributed by atoms with Crippen LogP contribution in [-0.4, -0.2) is 20.4 Å². The van der Waals surface area contributed by atoms with E-state index in [1.807, 2.05) is 0 Å². The van der Waals surface area contributed by atoms with Crippen LogP contribution < -0.4 is 15.2 Å². The van der Waals surface area contributed by atoms with Gasteiger partial charge in [-0.1, -0.05) is 0 Å². The van der Waals surface area contributed by atoms with Crippen LogP contribution in [0.1, 0.15) is 5.56 Å². The molecular weight excluding hydrogens is 204 g/mol. The van der Waals surface area contributed by atoms with E-state index in [2.05, 4.69) is 14.4 Å². The van der Waals surface area contributed by atoms with Crippen LogP contribution >= 0.6 is 0 Å². The Morgan fingerprint density at radius 1 is 1.50 bits per heavy atom. The van der Waals surface area contributed by atoms with Crippen molar-refractivity contribution in [2.24, 2.45) is 0 Å². The fourth-order valence-corrected chi connectivity index (χ4v) is 1.30. The molecule has 0 aliphatic rings. The van der Waals surface area contributed by atoms with Gasteiger partial charge in [0, 0.05) is 7.05 Å². The number of hydrogen-bond acceptors (Lipinski definition) is 4. The number of nitrogen functional groups attached to an aromatic ring is 1. The predicted molar refractivity (Wildman–Crippen MR) is 55.0 cm³/mol. The number of pyridine rings is 1. The van der Waals surface area contributed by atoms with Gasteiger partial charge in [-0.05, 0) is 18.6 Å². The summed E-state index contributed by atoms with van der Waals surface area (Å²) in [5, 5.41) is 0. The number of hydrogen-bond donors (Lipinski definition) is 3. The van der Waals surface area contributed by atoms with Gasteiger partial charge in [-0.3, -0.25) is 4.72 Å². The first-order valence-corrected chi connectivity index (χ1v) is 5.36. The highest BCUT2D eigenvalue weighted by Gasteiger charge is 2.07. The number of aryl methyl sites for hydroxylation is 1. The van der Waals surface area contributed by atoms with Gasteiger partial charge in [0.1, 0.15) is 5.82 Å². The summed E-state index contributed by atoms with van der Waals surface area (Å²) >= 11 is 0. The number of nitrogens with two attached hydrogens (primary N) is 1. The van der Waals surface area contributed by atoms with Crippen LogP contribution in [0.4, 0.5) is 11.5 Å². The van der Waals surface area contributed by atoms with Crippen LogP contribution in [0.5, 0.6) is 0 Å². The minimum absolute atomic E-state index is 0.242. The molecule has 0 saturated carbocycles. The van der Waals surface area contributed by atoms with Crippen molar-refractivity contribution in [3.8, 4) is 0 Å². The Kier molecular flexibility index (Phi) is 2.92. The van der Waals surface area contributed by atoms with E-state index in [1.54, 1.807) is 13.0 Å². The number of nitrogens with zero attached hydrogens (tertiary/aromatic N) is 1. The minimum Gasteiger partial charge on any atom is -0.397 e. The van der Waals surface area contributed by atoms with Crippen LogP contribution in [0.25, 0.3) is 0 Å². The van der Waals surface area contributed by atoms with Crippen molar-refractivity contribution in [1.82, 2.24) is 9.71 Å². The Bertz CT molecular complexity index is 429. The maximum atomic E-state index is 11.1. The van der Waals surface area contributed by atoms with Gasteiger partial charge in [0.25, 0.3) is 10.2 Å². The molecule has 0 aromatic carbocycles. The monoisotopic (exact) mass is 216 g/mol. The van der Waals surface area contributed by atoms with Gasteiger partial charge in [-0.15, -0.1) is 0 Å². The average molecular weight is 216 g/mol. The molecule has 4 N–H and O–H groups in total. The maximum Gasteiger partial charge on any atom is 0.300 e. The largest absolute Gasteiger partial charge is 0.397 e. The van der Waals surface area contributed by atoms with Crippen molar-refractivity contribution in [2.75, 3.05) is 17.5 Å². The van der Waals surface area contributed by atoms with E-state index < -0.39 is 10.2 Å². The quantitative estimate of drug-likeness (QED) is 0.654. The summed E-state index contributed by atoms with van der Waals surface area (Å²) in [4.78, 5) is 3.82. The van der Waals surface area contributed by atoms with Crippen LogP contribution in [0.2, 0.25) is 0 Å². The standard InChI is InChI=1S/C7H12N4O2S/c1-5-3-7(10-4-6(5)8)11-14(12,13)9-2/h3-4,9H,8H2,1-2H3,(H,10,11). The first kappa shape index (κ1) is 10.7. The van der Waals surface area contributed by atoms with Crippen molar-refractivity contribution >= 4 is 21.7 Å². The third kappa shape index (κ3) is 2.57. The van der Waals surface area contributed by atoms with Crippen LogP contribution in [-0.2, 0) is 10.2 Å². The number of nitrogens with one attached hydrogen (secondary N) is 2. The van der Waals surface area contributed by atoms with E-state index in [4.69, 9.17) is 5.73 Å². The molecule has 0 atom stereocenters. The molecule has 78 valence electrons. The van der Waals surface area contributed by atoms with E-state index in [0.717, 1.165) is 5.56 Å². The van der Waals surface area contributed by atoms with E-state index in [9.17, 15) is 8.42 Å². The topological polar surface area (TPSA) is 97.1 Å². The molecule has 0 amide bonds. The zero-order chi connectivity index (χ0) is 10.8. The molecular formula is C7H12N4O2S. The first-order chi connectivity index (χ1) is 6.44. The zero-order valence-electron chi connectivity index (χ0n) is 7.90. The molecule has 0 aliphatic carbocycles. The number of anilines is 2. The average Bonchev–Trinajstić information content (AvgIpc) is 2.11. The predicted octanol–water partition coefficient (Wildman–Crippen LogP) is -0.152. The highest BCUT2D eigenvalue weighted by atomic mass is 32.2. The second-order valence-corrected chi connectivity index (χ2v) is 4.36. The summed E-state index contributed by atoms with van der Waals surface area (Å²) in [5.41, 5.74) is 6.83. The van der Waals surface area contributed by atoms with Crippen molar-refractivity contribution in [3.63, 3.8) is 0 Å². The Morgan fingerprint density at radius 2 is 2.14 bits per heavy atom. The molecule has 1 heterocycles. The van der Waals surface area contributed by atoms with Gasteiger partial charge in [0.15, 0.2) is 0 Å². The highest BCUT2D eigenvalue weighted by Crippen LogP contribution is 2.13. The maximum absolute atomic E-state index is 11.1. The SMILES string of the molecule is CNS(=O)(=O)Nc1cc(C)c(N)cn1. The van der Waals surface area contributed by atoms with Crippen LogP contribution in [0.15, 0.2) is 12.3 Å². The Labute approximate surface area is 82.7 Å². The van der Waals surface area contributed by atoms with Crippen LogP contribution in [0.3, 0.4) is 0 Å². The van der Waals surface area contributed by atoms with Gasteiger partial charge >= 0.3 is 0 Å². The first-order valence-electron chi connectivity index (χ1n) is 3.88. The van der Waals surface area contributed by atoms with Gasteiger partial charge in [0.2, 0.25) is 0 Å². The summed E-state index contributed by atoms with van der Waals surface area (Å²) in [5.74, 6) is 0.242. The lowest BCUT2D eigenvalue weighted by molar-refractivity contribution is 0.593. The molecule has 0 fully saturated rings. The lowest BCUT2D eigenvalue weighted by atomic mass is 10.2. The lowest BCUT2D eigenvalue weighted by Crippen LogP contribution is -2.26. The second kappa shape index (κ2) is 3.81. The Morgan fingerprint density at radius 3 is 2.64 bits per heavy atom. The number of aromatic nitrogens is 1. The van der Waals surface area contributed by atoms with Crippen molar-refractivity contribution in [3.05, 3.63) is 17.8 Å². The smallest absolute Gasteiger partial charge is 0.300 e. The third-order valence-electron chi connectivity index (χ3n) is 1.66. The zero-order valence-corrected chi connectivity index (χ0v) is 8.72. The summed E-state index contributed by atoms with van der Waals surface area (Å²) < 4.78 is 26.5. The van der Waals surface area contributed by atoms with Gasteiger partial charge in [-0.2, -0.15) is 8.42 Å². The Balaban J connectivity index is 2.94. The molecule has 0 bridgehead atoms. The van der Waals surface area contributed by atoms with E-state index >= 15 is 0 Å². The van der Waals surface area contributed by atoms with Gasteiger partial charge < -0.3 is 5.73 Å². The lowest BCUT2D eigenvalue weighted by Gasteiger charge is -2.06. The second-order valence-electron chi connectivity index (χ2n) is 2.74. The van der Waals surface area contributed by atoms with E-state index in [1.165, 1.54) is 13.2 Å². The molecule has 7 heteroatoms.